The number of carbonyl (C=O) groups is 1. The Balaban J connectivity index is 2.33. The summed E-state index contributed by atoms with van der Waals surface area (Å²) >= 11 is 1.28. The van der Waals surface area contributed by atoms with Gasteiger partial charge in [-0.1, -0.05) is 11.8 Å². The van der Waals surface area contributed by atoms with Crippen molar-refractivity contribution in [1.29, 1.82) is 5.26 Å². The van der Waals surface area contributed by atoms with Crippen LogP contribution in [0.15, 0.2) is 5.03 Å². The lowest BCUT2D eigenvalue weighted by atomic mass is 10.0. The predicted molar refractivity (Wildman–Crippen MR) is 68.5 cm³/mol. The molecule has 0 aromatic carbocycles. The number of rotatable bonds is 3. The molecule has 4 nitrogen and oxygen atoms in total. The SMILES string of the molecule is COC(=O)CSc1nc2c(c(C)c1C#N)CCC2. The van der Waals surface area contributed by atoms with Crippen LogP contribution in [-0.2, 0) is 22.4 Å². The second kappa shape index (κ2) is 5.40. The van der Waals surface area contributed by atoms with E-state index in [0.29, 0.717) is 10.6 Å². The second-order valence-corrected chi connectivity index (χ2v) is 5.14. The van der Waals surface area contributed by atoms with Crippen molar-refractivity contribution in [3.8, 4) is 6.07 Å². The van der Waals surface area contributed by atoms with E-state index in [2.05, 4.69) is 15.8 Å². The molecule has 0 spiro atoms. The first-order chi connectivity index (χ1) is 8.67. The van der Waals surface area contributed by atoms with Gasteiger partial charge in [0, 0.05) is 5.69 Å². The number of carbonyl (C=O) groups excluding carboxylic acids is 1. The number of nitriles is 1. The van der Waals surface area contributed by atoms with Gasteiger partial charge in [0.25, 0.3) is 0 Å². The Kier molecular flexibility index (Phi) is 3.87. The van der Waals surface area contributed by atoms with E-state index in [1.807, 2.05) is 6.92 Å². The molecule has 1 aliphatic rings. The van der Waals surface area contributed by atoms with Crippen LogP contribution in [-0.4, -0.2) is 23.8 Å². The van der Waals surface area contributed by atoms with Crippen molar-refractivity contribution in [2.75, 3.05) is 12.9 Å². The summed E-state index contributed by atoms with van der Waals surface area (Å²) in [6, 6.07) is 2.20. The van der Waals surface area contributed by atoms with Gasteiger partial charge in [-0.15, -0.1) is 0 Å². The average Bonchev–Trinajstić information content (AvgIpc) is 2.84. The molecule has 5 heteroatoms. The average molecular weight is 262 g/mol. The molecule has 0 aliphatic heterocycles. The molecule has 1 heterocycles. The number of aryl methyl sites for hydroxylation is 1. The number of methoxy groups -OCH3 is 1. The van der Waals surface area contributed by atoms with Crippen LogP contribution in [0.3, 0.4) is 0 Å². The summed E-state index contributed by atoms with van der Waals surface area (Å²) in [5, 5.41) is 9.89. The topological polar surface area (TPSA) is 63.0 Å². The van der Waals surface area contributed by atoms with Gasteiger partial charge in [0.15, 0.2) is 0 Å². The first-order valence-electron chi connectivity index (χ1n) is 5.79. The number of thioether (sulfide) groups is 1. The predicted octanol–water partition coefficient (Wildman–Crippen LogP) is 2.02. The number of ether oxygens (including phenoxy) is 1. The molecule has 0 amide bonds. The van der Waals surface area contributed by atoms with Gasteiger partial charge >= 0.3 is 5.97 Å². The fourth-order valence-electron chi connectivity index (χ4n) is 2.17. The molecular weight excluding hydrogens is 248 g/mol. The first-order valence-corrected chi connectivity index (χ1v) is 6.78. The molecule has 18 heavy (non-hydrogen) atoms. The molecule has 1 aliphatic carbocycles. The quantitative estimate of drug-likeness (QED) is 0.616. The van der Waals surface area contributed by atoms with Gasteiger partial charge in [-0.25, -0.2) is 4.98 Å². The number of esters is 1. The second-order valence-electron chi connectivity index (χ2n) is 4.17. The van der Waals surface area contributed by atoms with Gasteiger partial charge in [-0.3, -0.25) is 4.79 Å². The van der Waals surface area contributed by atoms with E-state index in [0.717, 1.165) is 30.5 Å². The highest BCUT2D eigenvalue weighted by Gasteiger charge is 2.21. The maximum atomic E-state index is 11.1. The van der Waals surface area contributed by atoms with Crippen LogP contribution in [0.2, 0.25) is 0 Å². The zero-order valence-electron chi connectivity index (χ0n) is 10.4. The lowest BCUT2D eigenvalue weighted by Crippen LogP contribution is -2.05. The molecule has 0 atom stereocenters. The van der Waals surface area contributed by atoms with Gasteiger partial charge in [0.05, 0.1) is 18.4 Å². The number of fused-ring (bicyclic) bond motifs is 1. The number of pyridine rings is 1. The zero-order chi connectivity index (χ0) is 13.1. The van der Waals surface area contributed by atoms with E-state index in [1.54, 1.807) is 0 Å². The van der Waals surface area contributed by atoms with Gasteiger partial charge in [0.2, 0.25) is 0 Å². The maximum absolute atomic E-state index is 11.1. The summed E-state index contributed by atoms with van der Waals surface area (Å²) in [4.78, 5) is 15.7. The Morgan fingerprint density at radius 3 is 3.00 bits per heavy atom. The van der Waals surface area contributed by atoms with Crippen molar-refractivity contribution in [3.05, 3.63) is 22.4 Å². The van der Waals surface area contributed by atoms with Crippen molar-refractivity contribution >= 4 is 17.7 Å². The standard InChI is InChI=1S/C13H14N2O2S/c1-8-9-4-3-5-11(9)15-13(10(8)6-14)18-7-12(16)17-2/h3-5,7H2,1-2H3. The summed E-state index contributed by atoms with van der Waals surface area (Å²) in [7, 11) is 1.36. The molecular formula is C13H14N2O2S. The molecule has 0 unspecified atom stereocenters. The third-order valence-corrected chi connectivity index (χ3v) is 4.08. The van der Waals surface area contributed by atoms with Crippen molar-refractivity contribution in [2.24, 2.45) is 0 Å². The summed E-state index contributed by atoms with van der Waals surface area (Å²) in [6.45, 7) is 1.96. The Hall–Kier alpha value is -1.54. The Labute approximate surface area is 110 Å². The van der Waals surface area contributed by atoms with Gasteiger partial charge in [-0.2, -0.15) is 5.26 Å². The van der Waals surface area contributed by atoms with E-state index in [1.165, 1.54) is 24.4 Å². The van der Waals surface area contributed by atoms with Crippen LogP contribution < -0.4 is 0 Å². The van der Waals surface area contributed by atoms with Crippen LogP contribution in [0.5, 0.6) is 0 Å². The Morgan fingerprint density at radius 2 is 2.33 bits per heavy atom. The molecule has 0 N–H and O–H groups in total. The molecule has 0 saturated carbocycles. The minimum absolute atomic E-state index is 0.191. The molecule has 0 saturated heterocycles. The highest BCUT2D eigenvalue weighted by molar-refractivity contribution is 7.99. The molecule has 2 rings (SSSR count). The summed E-state index contributed by atoms with van der Waals surface area (Å²) in [5.41, 5.74) is 3.92. The van der Waals surface area contributed by atoms with E-state index in [-0.39, 0.29) is 11.7 Å². The lowest BCUT2D eigenvalue weighted by Gasteiger charge is -2.10. The summed E-state index contributed by atoms with van der Waals surface area (Å²) < 4.78 is 4.60. The normalized spacial score (nSPS) is 12.9. The van der Waals surface area contributed by atoms with Crippen molar-refractivity contribution in [2.45, 2.75) is 31.2 Å². The third-order valence-electron chi connectivity index (χ3n) is 3.13. The van der Waals surface area contributed by atoms with Crippen LogP contribution >= 0.6 is 11.8 Å². The molecule has 1 aromatic heterocycles. The lowest BCUT2D eigenvalue weighted by molar-refractivity contribution is -0.137. The maximum Gasteiger partial charge on any atom is 0.316 e. The molecule has 0 bridgehead atoms. The van der Waals surface area contributed by atoms with Gasteiger partial charge < -0.3 is 4.74 Å². The van der Waals surface area contributed by atoms with E-state index < -0.39 is 0 Å². The van der Waals surface area contributed by atoms with Crippen molar-refractivity contribution < 1.29 is 9.53 Å². The minimum atomic E-state index is -0.302. The first kappa shape index (κ1) is 12.9. The number of nitrogens with zero attached hydrogens (tertiary/aromatic N) is 2. The highest BCUT2D eigenvalue weighted by Crippen LogP contribution is 2.31. The van der Waals surface area contributed by atoms with Crippen LogP contribution in [0, 0.1) is 18.3 Å². The molecule has 1 aromatic rings. The Bertz CT molecular complexity index is 535. The number of aromatic nitrogens is 1. The molecule has 0 fully saturated rings. The Morgan fingerprint density at radius 1 is 1.56 bits per heavy atom. The monoisotopic (exact) mass is 262 g/mol. The van der Waals surface area contributed by atoms with Crippen LogP contribution in [0.1, 0.15) is 28.8 Å². The van der Waals surface area contributed by atoms with E-state index in [4.69, 9.17) is 0 Å². The van der Waals surface area contributed by atoms with E-state index in [9.17, 15) is 10.1 Å². The molecule has 0 radical (unpaired) electrons. The summed E-state index contributed by atoms with van der Waals surface area (Å²) in [5.74, 6) is -0.111. The fourth-order valence-corrected chi connectivity index (χ4v) is 3.06. The number of hydrogen-bond acceptors (Lipinski definition) is 5. The third kappa shape index (κ3) is 2.34. The van der Waals surface area contributed by atoms with Gasteiger partial charge in [-0.05, 0) is 37.3 Å². The van der Waals surface area contributed by atoms with Crippen LogP contribution in [0.25, 0.3) is 0 Å². The highest BCUT2D eigenvalue weighted by atomic mass is 32.2. The number of hydrogen-bond donors (Lipinski definition) is 0. The van der Waals surface area contributed by atoms with E-state index >= 15 is 0 Å². The van der Waals surface area contributed by atoms with Gasteiger partial charge in [0.1, 0.15) is 11.1 Å². The summed E-state index contributed by atoms with van der Waals surface area (Å²) in [6.07, 6.45) is 3.07. The minimum Gasteiger partial charge on any atom is -0.468 e. The molecule has 94 valence electrons. The van der Waals surface area contributed by atoms with Crippen LogP contribution in [0.4, 0.5) is 0 Å². The zero-order valence-corrected chi connectivity index (χ0v) is 11.3. The smallest absolute Gasteiger partial charge is 0.316 e. The van der Waals surface area contributed by atoms with Crippen molar-refractivity contribution in [1.82, 2.24) is 4.98 Å². The van der Waals surface area contributed by atoms with Crippen molar-refractivity contribution in [3.63, 3.8) is 0 Å². The largest absolute Gasteiger partial charge is 0.468 e. The fraction of sp³-hybridized carbons (Fsp3) is 0.462.